The van der Waals surface area contributed by atoms with E-state index in [4.69, 9.17) is 0 Å². The van der Waals surface area contributed by atoms with Crippen LogP contribution < -0.4 is 0 Å². The van der Waals surface area contributed by atoms with Crippen molar-refractivity contribution in [2.24, 2.45) is 5.92 Å². The minimum absolute atomic E-state index is 0.898. The van der Waals surface area contributed by atoms with Crippen LogP contribution in [0.4, 0.5) is 0 Å². The number of hydrogen-bond donors (Lipinski definition) is 0. The number of nitrogens with zero attached hydrogens (tertiary/aromatic N) is 1. The highest BCUT2D eigenvalue weighted by Crippen LogP contribution is 2.22. The molecule has 0 amide bonds. The second-order valence-corrected chi connectivity index (χ2v) is 10.6. The van der Waals surface area contributed by atoms with Crippen LogP contribution in [0.25, 0.3) is 0 Å². The van der Waals surface area contributed by atoms with Gasteiger partial charge in [0, 0.05) is 17.9 Å². The van der Waals surface area contributed by atoms with Gasteiger partial charge < -0.3 is 4.90 Å². The molecule has 0 fully saturated rings. The molecule has 0 saturated carbocycles. The van der Waals surface area contributed by atoms with E-state index in [1.807, 2.05) is 27.7 Å². The monoisotopic (exact) mass is 550 g/mol. The molecular formula is C36H72NP. The highest BCUT2D eigenvalue weighted by molar-refractivity contribution is 7.40. The molecule has 0 radical (unpaired) electrons. The lowest BCUT2D eigenvalue weighted by Gasteiger charge is -2.29. The molecule has 0 aromatic heterocycles. The third kappa shape index (κ3) is 34.7. The Kier molecular flexibility index (Phi) is 43.7. The van der Waals surface area contributed by atoms with Crippen molar-refractivity contribution in [1.29, 1.82) is 0 Å². The van der Waals surface area contributed by atoms with Gasteiger partial charge in [-0.25, -0.2) is 0 Å². The number of allylic oxidation sites excluding steroid dienone is 8. The van der Waals surface area contributed by atoms with Crippen molar-refractivity contribution in [2.45, 2.75) is 142 Å². The minimum Gasteiger partial charge on any atom is -0.346 e. The zero-order valence-corrected chi connectivity index (χ0v) is 30.2. The van der Waals surface area contributed by atoms with Gasteiger partial charge in [-0.05, 0) is 84.5 Å². The van der Waals surface area contributed by atoms with Gasteiger partial charge in [0.2, 0.25) is 0 Å². The first-order chi connectivity index (χ1) is 17.9. The largest absolute Gasteiger partial charge is 0.346 e. The van der Waals surface area contributed by atoms with E-state index in [0.29, 0.717) is 0 Å². The van der Waals surface area contributed by atoms with Crippen molar-refractivity contribution in [3.8, 4) is 0 Å². The van der Waals surface area contributed by atoms with Gasteiger partial charge in [-0.3, -0.25) is 0 Å². The van der Waals surface area contributed by atoms with Crippen LogP contribution in [-0.2, 0) is 0 Å². The Labute approximate surface area is 245 Å². The quantitative estimate of drug-likeness (QED) is 0.125. The second-order valence-electron chi connectivity index (χ2n) is 9.73. The van der Waals surface area contributed by atoms with Crippen LogP contribution in [0, 0.1) is 5.92 Å². The molecule has 0 N–H and O–H groups in total. The van der Waals surface area contributed by atoms with Crippen LogP contribution in [0.15, 0.2) is 70.9 Å². The molecule has 0 saturated heterocycles. The van der Waals surface area contributed by atoms with Crippen LogP contribution in [0.5, 0.6) is 0 Å². The Hall–Kier alpha value is -1.33. The molecule has 0 aromatic carbocycles. The van der Waals surface area contributed by atoms with Crippen molar-refractivity contribution in [3.63, 3.8) is 0 Å². The average molecular weight is 550 g/mol. The first-order valence-corrected chi connectivity index (χ1v) is 16.9. The predicted molar refractivity (Wildman–Crippen MR) is 188 cm³/mol. The van der Waals surface area contributed by atoms with Crippen LogP contribution >= 0.6 is 8.58 Å². The summed E-state index contributed by atoms with van der Waals surface area (Å²) in [5, 5.41) is 0. The number of rotatable bonds is 13. The number of hydrogen-bond acceptors (Lipinski definition) is 1. The summed E-state index contributed by atoms with van der Waals surface area (Å²) in [6, 6.07) is 0. The zero-order chi connectivity index (χ0) is 31.1. The van der Waals surface area contributed by atoms with E-state index in [1.165, 1.54) is 46.5 Å². The first kappa shape index (κ1) is 46.5. The Bertz CT molecular complexity index is 655. The fraction of sp³-hybridized carbons (Fsp3) is 0.667. The summed E-state index contributed by atoms with van der Waals surface area (Å²) in [7, 11) is 0.906. The zero-order valence-electron chi connectivity index (χ0n) is 29.2. The summed E-state index contributed by atoms with van der Waals surface area (Å²) in [5.74, 6) is 3.10. The molecule has 0 rings (SSSR count). The molecule has 0 aliphatic carbocycles. The normalized spacial score (nSPS) is 11.1. The highest BCUT2D eigenvalue weighted by Gasteiger charge is 2.11. The highest BCUT2D eigenvalue weighted by atomic mass is 31.1. The van der Waals surface area contributed by atoms with Crippen LogP contribution in [0.3, 0.4) is 0 Å². The molecule has 1 unspecified atom stereocenters. The summed E-state index contributed by atoms with van der Waals surface area (Å²) in [4.78, 5) is 2.38. The van der Waals surface area contributed by atoms with Gasteiger partial charge in [-0.1, -0.05) is 130 Å². The summed E-state index contributed by atoms with van der Waals surface area (Å²) in [6.45, 7) is 43.3. The summed E-state index contributed by atoms with van der Waals surface area (Å²) >= 11 is 0. The third-order valence-electron chi connectivity index (χ3n) is 5.07. The standard InChI is InChI=1S/C16H29N.C10H17P.C6H14.2C2H6/c1-8-11-17(15(7)10-3)16(12-13(4)5)14(6)9-2;1-9(2)5-6-10(3)7-8-11-4;1-4-5-6(2)3;2*1-2/h12H,7-11H2,1-6H3;6-8,11H,1,5H2,2-4H3;6H,4-5H2,1-3H3;2*1-2H3/b16-14+;8-7-,10-6-;;;. The Morgan fingerprint density at radius 2 is 1.37 bits per heavy atom. The Morgan fingerprint density at radius 1 is 0.842 bits per heavy atom. The maximum atomic E-state index is 4.20. The summed E-state index contributed by atoms with van der Waals surface area (Å²) in [6.07, 6.45) is 13.6. The topological polar surface area (TPSA) is 3.24 Å². The predicted octanol–water partition coefficient (Wildman–Crippen LogP) is 13.5. The maximum Gasteiger partial charge on any atom is 0.0396 e. The molecule has 2 heteroatoms. The van der Waals surface area contributed by atoms with Gasteiger partial charge in [0.25, 0.3) is 0 Å². The fourth-order valence-corrected chi connectivity index (χ4v) is 3.37. The lowest BCUT2D eigenvalue weighted by atomic mass is 10.1. The Morgan fingerprint density at radius 3 is 1.66 bits per heavy atom. The van der Waals surface area contributed by atoms with Crippen molar-refractivity contribution >= 4 is 8.58 Å². The third-order valence-corrected chi connectivity index (χ3v) is 5.57. The van der Waals surface area contributed by atoms with Gasteiger partial charge >= 0.3 is 0 Å². The van der Waals surface area contributed by atoms with Gasteiger partial charge in [-0.2, -0.15) is 0 Å². The molecular weight excluding hydrogens is 477 g/mol. The molecule has 226 valence electrons. The molecule has 0 aliphatic heterocycles. The van der Waals surface area contributed by atoms with E-state index in [0.717, 1.165) is 46.7 Å². The van der Waals surface area contributed by atoms with Crippen LogP contribution in [0.1, 0.15) is 142 Å². The van der Waals surface area contributed by atoms with E-state index in [2.05, 4.69) is 125 Å². The molecule has 38 heavy (non-hydrogen) atoms. The van der Waals surface area contributed by atoms with Gasteiger partial charge in [0.15, 0.2) is 0 Å². The SMILES string of the molecule is C=C(C)C/C=C(C)\C=C/PC.C=C(CC)N(CCC)/C(C=C(C)C)=C(\C)CC.CC.CC.CCCC(C)C. The van der Waals surface area contributed by atoms with Crippen molar-refractivity contribution in [3.05, 3.63) is 70.9 Å². The smallest absolute Gasteiger partial charge is 0.0396 e. The second kappa shape index (κ2) is 35.7. The average Bonchev–Trinajstić information content (AvgIpc) is 2.90. The van der Waals surface area contributed by atoms with Crippen LogP contribution in [0.2, 0.25) is 0 Å². The van der Waals surface area contributed by atoms with Crippen LogP contribution in [-0.4, -0.2) is 18.1 Å². The molecule has 0 heterocycles. The molecule has 0 spiro atoms. The van der Waals surface area contributed by atoms with E-state index < -0.39 is 0 Å². The Balaban J connectivity index is -0.000000148. The van der Waals surface area contributed by atoms with Crippen molar-refractivity contribution in [1.82, 2.24) is 4.90 Å². The molecule has 1 nitrogen and oxygen atoms in total. The molecule has 0 bridgehead atoms. The lowest BCUT2D eigenvalue weighted by molar-refractivity contribution is 0.421. The molecule has 1 atom stereocenters. The summed E-state index contributed by atoms with van der Waals surface area (Å²) < 4.78 is 0. The van der Waals surface area contributed by atoms with E-state index >= 15 is 0 Å². The molecule has 0 aromatic rings. The van der Waals surface area contributed by atoms with Crippen molar-refractivity contribution in [2.75, 3.05) is 13.2 Å². The summed E-state index contributed by atoms with van der Waals surface area (Å²) in [5.41, 5.74) is 7.90. The van der Waals surface area contributed by atoms with E-state index in [1.54, 1.807) is 0 Å². The van der Waals surface area contributed by atoms with Gasteiger partial charge in [0.1, 0.15) is 0 Å². The fourth-order valence-electron chi connectivity index (χ4n) is 2.94. The first-order valence-electron chi connectivity index (χ1n) is 15.4. The van der Waals surface area contributed by atoms with Crippen molar-refractivity contribution < 1.29 is 0 Å². The van der Waals surface area contributed by atoms with Gasteiger partial charge in [-0.15, -0.1) is 8.58 Å². The van der Waals surface area contributed by atoms with E-state index in [9.17, 15) is 0 Å². The maximum absolute atomic E-state index is 4.20. The lowest BCUT2D eigenvalue weighted by Crippen LogP contribution is -2.23. The van der Waals surface area contributed by atoms with E-state index in [-0.39, 0.29) is 0 Å². The van der Waals surface area contributed by atoms with Gasteiger partial charge in [0.05, 0.1) is 0 Å². The molecule has 0 aliphatic rings. The minimum atomic E-state index is 0.898.